The molecule has 0 radical (unpaired) electrons. The number of rotatable bonds is 3. The number of fused-ring (bicyclic) bond motifs is 1. The summed E-state index contributed by atoms with van der Waals surface area (Å²) in [5.74, 6) is 0.0551. The predicted molar refractivity (Wildman–Crippen MR) is 107 cm³/mol. The number of nitrogens with one attached hydrogen (secondary N) is 1. The van der Waals surface area contributed by atoms with Crippen LogP contribution in [0.5, 0.6) is 0 Å². The number of hydrogen-bond acceptors (Lipinski definition) is 2. The average Bonchev–Trinajstić information content (AvgIpc) is 3.07. The normalized spacial score (nSPS) is 19.4. The molecule has 4 rings (SSSR count). The molecule has 2 aliphatic heterocycles. The zero-order valence-corrected chi connectivity index (χ0v) is 16.1. The van der Waals surface area contributed by atoms with Gasteiger partial charge >= 0.3 is 0 Å². The van der Waals surface area contributed by atoms with Crippen LogP contribution in [0.25, 0.3) is 11.6 Å². The third-order valence-electron chi connectivity index (χ3n) is 5.28. The van der Waals surface area contributed by atoms with Gasteiger partial charge in [-0.2, -0.15) is 0 Å². The van der Waals surface area contributed by atoms with Crippen LogP contribution in [0.4, 0.5) is 5.69 Å². The fourth-order valence-electron chi connectivity index (χ4n) is 3.95. The smallest absolute Gasteiger partial charge is 0.260 e. The Morgan fingerprint density at radius 3 is 2.62 bits per heavy atom. The highest BCUT2D eigenvalue weighted by atomic mass is 35.5. The number of amides is 1. The van der Waals surface area contributed by atoms with Crippen molar-refractivity contribution in [1.29, 1.82) is 0 Å². The van der Waals surface area contributed by atoms with Crippen molar-refractivity contribution in [1.82, 2.24) is 9.88 Å². The summed E-state index contributed by atoms with van der Waals surface area (Å²) in [5, 5.41) is 0.654. The van der Waals surface area contributed by atoms with Crippen LogP contribution in [-0.2, 0) is 4.79 Å². The number of aryl methyl sites for hydroxylation is 2. The number of aromatic amines is 1. The molecule has 1 fully saturated rings. The maximum atomic E-state index is 13.2. The van der Waals surface area contributed by atoms with Crippen molar-refractivity contribution in [2.24, 2.45) is 0 Å². The van der Waals surface area contributed by atoms with Crippen molar-refractivity contribution in [3.8, 4) is 0 Å². The van der Waals surface area contributed by atoms with E-state index in [1.54, 1.807) is 0 Å². The van der Waals surface area contributed by atoms with Gasteiger partial charge in [0.25, 0.3) is 5.91 Å². The van der Waals surface area contributed by atoms with Gasteiger partial charge in [-0.25, -0.2) is 0 Å². The minimum absolute atomic E-state index is 0.0551. The number of halogens is 1. The van der Waals surface area contributed by atoms with E-state index in [9.17, 15) is 4.79 Å². The minimum atomic E-state index is 0.0551. The summed E-state index contributed by atoms with van der Waals surface area (Å²) in [4.78, 5) is 20.9. The third kappa shape index (κ3) is 3.19. The summed E-state index contributed by atoms with van der Waals surface area (Å²) < 4.78 is 0. The van der Waals surface area contributed by atoms with E-state index in [0.717, 1.165) is 41.3 Å². The van der Waals surface area contributed by atoms with E-state index in [0.29, 0.717) is 17.3 Å². The molecule has 0 spiro atoms. The molecule has 136 valence electrons. The highest BCUT2D eigenvalue weighted by molar-refractivity contribution is 6.37. The van der Waals surface area contributed by atoms with Crippen molar-refractivity contribution in [2.45, 2.75) is 33.1 Å². The second-order valence-electron chi connectivity index (χ2n) is 7.32. The van der Waals surface area contributed by atoms with E-state index >= 15 is 0 Å². The number of nitrogens with zero attached hydrogens (tertiary/aromatic N) is 2. The number of H-pyrrole nitrogens is 1. The molecule has 0 atom stereocenters. The maximum Gasteiger partial charge on any atom is 0.260 e. The van der Waals surface area contributed by atoms with Crippen LogP contribution < -0.4 is 4.90 Å². The highest BCUT2D eigenvalue weighted by Crippen LogP contribution is 2.39. The van der Waals surface area contributed by atoms with Gasteiger partial charge in [0.15, 0.2) is 0 Å². The van der Waals surface area contributed by atoms with Crippen LogP contribution >= 0.6 is 11.6 Å². The molecule has 1 amide bonds. The van der Waals surface area contributed by atoms with Crippen LogP contribution in [0, 0.1) is 13.8 Å². The Labute approximate surface area is 159 Å². The van der Waals surface area contributed by atoms with Crippen LogP contribution in [0.2, 0.25) is 5.02 Å². The molecule has 0 bridgehead atoms. The zero-order chi connectivity index (χ0) is 18.3. The topological polar surface area (TPSA) is 39.3 Å². The van der Waals surface area contributed by atoms with Crippen molar-refractivity contribution in [3.05, 3.63) is 51.8 Å². The van der Waals surface area contributed by atoms with Gasteiger partial charge < -0.3 is 4.98 Å². The number of carbonyl (C=O) groups excluding carboxylic acids is 1. The predicted octanol–water partition coefficient (Wildman–Crippen LogP) is 4.62. The molecule has 0 saturated carbocycles. The van der Waals surface area contributed by atoms with E-state index in [4.69, 9.17) is 11.6 Å². The molecule has 3 heterocycles. The molecular formula is C21H24ClN3O. The molecule has 5 heteroatoms. The maximum absolute atomic E-state index is 13.2. The number of benzene rings is 1. The number of aromatic nitrogens is 1. The van der Waals surface area contributed by atoms with Crippen LogP contribution in [0.3, 0.4) is 0 Å². The lowest BCUT2D eigenvalue weighted by molar-refractivity contribution is -0.113. The first-order valence-corrected chi connectivity index (χ1v) is 9.63. The minimum Gasteiger partial charge on any atom is -0.359 e. The van der Waals surface area contributed by atoms with Crippen molar-refractivity contribution < 1.29 is 4.79 Å². The lowest BCUT2D eigenvalue weighted by Gasteiger charge is -2.30. The monoisotopic (exact) mass is 369 g/mol. The second kappa shape index (κ2) is 6.93. The Kier molecular flexibility index (Phi) is 4.63. The van der Waals surface area contributed by atoms with Gasteiger partial charge in [-0.05, 0) is 75.7 Å². The molecule has 4 nitrogen and oxygen atoms in total. The second-order valence-corrected chi connectivity index (χ2v) is 7.76. The Morgan fingerprint density at radius 2 is 1.92 bits per heavy atom. The van der Waals surface area contributed by atoms with E-state index in [-0.39, 0.29) is 5.91 Å². The number of anilines is 1. The number of carbonyl (C=O) groups is 1. The molecule has 1 N–H and O–H groups in total. The van der Waals surface area contributed by atoms with Crippen LogP contribution in [0.15, 0.2) is 24.3 Å². The molecule has 2 aliphatic rings. The van der Waals surface area contributed by atoms with Gasteiger partial charge in [-0.1, -0.05) is 18.0 Å². The highest BCUT2D eigenvalue weighted by Gasteiger charge is 2.34. The van der Waals surface area contributed by atoms with Crippen molar-refractivity contribution in [3.63, 3.8) is 0 Å². The van der Waals surface area contributed by atoms with Gasteiger partial charge in [0, 0.05) is 22.0 Å². The largest absolute Gasteiger partial charge is 0.359 e. The fraction of sp³-hybridized carbons (Fsp3) is 0.381. The van der Waals surface area contributed by atoms with Crippen molar-refractivity contribution >= 4 is 34.8 Å². The summed E-state index contributed by atoms with van der Waals surface area (Å²) in [6, 6.07) is 7.83. The molecule has 1 aromatic heterocycles. The Bertz CT molecular complexity index is 877. The quantitative estimate of drug-likeness (QED) is 0.802. The van der Waals surface area contributed by atoms with E-state index < -0.39 is 0 Å². The van der Waals surface area contributed by atoms with Gasteiger partial charge in [-0.15, -0.1) is 0 Å². The SMILES string of the molecule is Cc1cc(C)c(C=C2C(=O)N(CN3CCCCC3)c3ccc(Cl)cc32)[nH]1. The van der Waals surface area contributed by atoms with E-state index in [1.165, 1.54) is 19.3 Å². The summed E-state index contributed by atoms with van der Waals surface area (Å²) in [5.41, 5.74) is 5.81. The molecule has 0 aliphatic carbocycles. The Morgan fingerprint density at radius 1 is 1.15 bits per heavy atom. The number of likely N-dealkylation sites (tertiary alicyclic amines) is 1. The Balaban J connectivity index is 1.73. The first-order chi connectivity index (χ1) is 12.5. The summed E-state index contributed by atoms with van der Waals surface area (Å²) in [7, 11) is 0. The standard InChI is InChI=1S/C21H24ClN3O/c1-14-10-15(2)23-19(14)12-18-17-11-16(22)6-7-20(17)25(21(18)26)13-24-8-4-3-5-9-24/h6-7,10-12,23H,3-5,8-9,13H2,1-2H3. The first-order valence-electron chi connectivity index (χ1n) is 9.25. The summed E-state index contributed by atoms with van der Waals surface area (Å²) >= 11 is 6.24. The number of piperidine rings is 1. The molecule has 26 heavy (non-hydrogen) atoms. The van der Waals surface area contributed by atoms with Crippen LogP contribution in [-0.4, -0.2) is 35.5 Å². The number of hydrogen-bond donors (Lipinski definition) is 1. The van der Waals surface area contributed by atoms with Gasteiger partial charge in [0.2, 0.25) is 0 Å². The summed E-state index contributed by atoms with van der Waals surface area (Å²) in [6.45, 7) is 6.84. The van der Waals surface area contributed by atoms with Crippen molar-refractivity contribution in [2.75, 3.05) is 24.7 Å². The molecule has 2 aromatic rings. The lowest BCUT2D eigenvalue weighted by Crippen LogP contribution is -2.42. The van der Waals surface area contributed by atoms with Gasteiger partial charge in [0.05, 0.1) is 17.9 Å². The molecular weight excluding hydrogens is 346 g/mol. The van der Waals surface area contributed by atoms with Crippen LogP contribution in [0.1, 0.15) is 41.8 Å². The summed E-state index contributed by atoms with van der Waals surface area (Å²) in [6.07, 6.45) is 5.67. The Hall–Kier alpha value is -2.04. The zero-order valence-electron chi connectivity index (χ0n) is 15.3. The molecule has 1 saturated heterocycles. The lowest BCUT2D eigenvalue weighted by atomic mass is 10.1. The molecule has 1 aromatic carbocycles. The van der Waals surface area contributed by atoms with Gasteiger partial charge in [-0.3, -0.25) is 14.6 Å². The fourth-order valence-corrected chi connectivity index (χ4v) is 4.13. The van der Waals surface area contributed by atoms with Gasteiger partial charge in [0.1, 0.15) is 0 Å². The molecule has 0 unspecified atom stereocenters. The van der Waals surface area contributed by atoms with E-state index in [2.05, 4.69) is 22.9 Å². The van der Waals surface area contributed by atoms with E-state index in [1.807, 2.05) is 36.1 Å². The average molecular weight is 370 g/mol. The third-order valence-corrected chi connectivity index (χ3v) is 5.52. The first kappa shape index (κ1) is 17.4.